The van der Waals surface area contributed by atoms with Gasteiger partial charge in [0.2, 0.25) is 4.93 Å². The van der Waals surface area contributed by atoms with Gasteiger partial charge in [0.05, 0.1) is 0 Å². The Morgan fingerprint density at radius 1 is 1.36 bits per heavy atom. The average molecular weight is 410 g/mol. The number of nitrogens with zero attached hydrogens (tertiary/aromatic N) is 1. The Morgan fingerprint density at radius 3 is 2.54 bits per heavy atom. The SMILES string of the molecule is CCn1[nH]cc(C(=O)C2=C(C)C3(CCOC)C(=O)OC3(S(C)(=O)=O)C=C2)c1=O. The molecule has 2 unspecified atom stereocenters. The van der Waals surface area contributed by atoms with Gasteiger partial charge in [-0.25, -0.2) is 8.42 Å². The summed E-state index contributed by atoms with van der Waals surface area (Å²) in [5.41, 5.74) is -1.78. The molecule has 2 aliphatic rings. The molecule has 1 fully saturated rings. The van der Waals surface area contributed by atoms with Gasteiger partial charge in [0.1, 0.15) is 11.0 Å². The first-order chi connectivity index (χ1) is 13.1. The van der Waals surface area contributed by atoms with E-state index in [4.69, 9.17) is 9.47 Å². The summed E-state index contributed by atoms with van der Waals surface area (Å²) in [6.45, 7) is 3.73. The van der Waals surface area contributed by atoms with Crippen molar-refractivity contribution in [2.45, 2.75) is 31.7 Å². The molecule has 0 amide bonds. The van der Waals surface area contributed by atoms with Crippen molar-refractivity contribution in [2.24, 2.45) is 5.41 Å². The maximum Gasteiger partial charge on any atom is 0.323 e. The Hall–Kier alpha value is -2.46. The van der Waals surface area contributed by atoms with Crippen LogP contribution in [0.1, 0.15) is 30.6 Å². The summed E-state index contributed by atoms with van der Waals surface area (Å²) in [6.07, 6.45) is 4.86. The van der Waals surface area contributed by atoms with Crippen LogP contribution in [0.5, 0.6) is 0 Å². The van der Waals surface area contributed by atoms with Crippen LogP contribution in [0.15, 0.2) is 34.3 Å². The molecule has 1 aromatic rings. The largest absolute Gasteiger partial charge is 0.436 e. The van der Waals surface area contributed by atoms with Gasteiger partial charge in [-0.3, -0.25) is 19.1 Å². The van der Waals surface area contributed by atoms with E-state index in [-0.39, 0.29) is 29.7 Å². The number of hydrogen-bond acceptors (Lipinski definition) is 7. The second-order valence-electron chi connectivity index (χ2n) is 6.91. The lowest BCUT2D eigenvalue weighted by Gasteiger charge is -2.55. The van der Waals surface area contributed by atoms with Crippen LogP contribution in [0.25, 0.3) is 0 Å². The number of aryl methyl sites for hydroxylation is 1. The number of nitrogens with one attached hydrogen (secondary N) is 1. The molecule has 9 nitrogen and oxygen atoms in total. The third kappa shape index (κ3) is 2.40. The average Bonchev–Trinajstić information content (AvgIpc) is 2.99. The molecule has 0 aromatic carbocycles. The van der Waals surface area contributed by atoms with Crippen LogP contribution in [-0.2, 0) is 30.7 Å². The van der Waals surface area contributed by atoms with E-state index in [9.17, 15) is 22.8 Å². The lowest BCUT2D eigenvalue weighted by Crippen LogP contribution is -2.71. The summed E-state index contributed by atoms with van der Waals surface area (Å²) < 4.78 is 36.6. The molecular weight excluding hydrogens is 388 g/mol. The van der Waals surface area contributed by atoms with Gasteiger partial charge in [-0.1, -0.05) is 0 Å². The normalized spacial score (nSPS) is 26.6. The topological polar surface area (TPSA) is 125 Å². The van der Waals surface area contributed by atoms with E-state index in [1.54, 1.807) is 6.92 Å². The summed E-state index contributed by atoms with van der Waals surface area (Å²) >= 11 is 0. The van der Waals surface area contributed by atoms with Gasteiger partial charge >= 0.3 is 5.97 Å². The monoisotopic (exact) mass is 410 g/mol. The van der Waals surface area contributed by atoms with Gasteiger partial charge in [-0.05, 0) is 38.0 Å². The van der Waals surface area contributed by atoms with Gasteiger partial charge < -0.3 is 14.6 Å². The highest BCUT2D eigenvalue weighted by Crippen LogP contribution is 2.59. The summed E-state index contributed by atoms with van der Waals surface area (Å²) in [5, 5.41) is 2.71. The predicted molar refractivity (Wildman–Crippen MR) is 99.5 cm³/mol. The number of sulfone groups is 1. The number of ether oxygens (including phenoxy) is 2. The van der Waals surface area contributed by atoms with Gasteiger partial charge in [-0.2, -0.15) is 0 Å². The van der Waals surface area contributed by atoms with E-state index >= 15 is 0 Å². The Morgan fingerprint density at radius 2 is 2.04 bits per heavy atom. The predicted octanol–water partition coefficient (Wildman–Crippen LogP) is 0.586. The molecule has 1 aliphatic heterocycles. The molecule has 0 radical (unpaired) electrons. The Labute approximate surface area is 161 Å². The van der Waals surface area contributed by atoms with E-state index in [2.05, 4.69) is 5.10 Å². The third-order valence-corrected chi connectivity index (χ3v) is 7.25. The summed E-state index contributed by atoms with van der Waals surface area (Å²) in [7, 11) is -2.44. The molecule has 1 aromatic heterocycles. The molecule has 1 aliphatic carbocycles. The number of aromatic nitrogens is 2. The number of esters is 1. The van der Waals surface area contributed by atoms with Crippen LogP contribution < -0.4 is 5.56 Å². The van der Waals surface area contributed by atoms with Crippen LogP contribution in [0.2, 0.25) is 0 Å². The van der Waals surface area contributed by atoms with Crippen molar-refractivity contribution in [3.63, 3.8) is 0 Å². The second-order valence-corrected chi connectivity index (χ2v) is 9.07. The van der Waals surface area contributed by atoms with E-state index in [1.807, 2.05) is 0 Å². The molecule has 10 heteroatoms. The summed E-state index contributed by atoms with van der Waals surface area (Å²) in [5.74, 6) is -1.32. The number of allylic oxidation sites excluding steroid dienone is 2. The van der Waals surface area contributed by atoms with Crippen LogP contribution in [0, 0.1) is 5.41 Å². The fraction of sp³-hybridized carbons (Fsp3) is 0.500. The van der Waals surface area contributed by atoms with Crippen LogP contribution in [-0.4, -0.2) is 54.9 Å². The minimum atomic E-state index is -3.87. The van der Waals surface area contributed by atoms with E-state index in [0.29, 0.717) is 6.54 Å². The molecule has 1 N–H and O–H groups in total. The fourth-order valence-corrected chi connectivity index (χ4v) is 5.49. The van der Waals surface area contributed by atoms with Crippen molar-refractivity contribution in [3.05, 3.63) is 45.4 Å². The lowest BCUT2D eigenvalue weighted by atomic mass is 9.64. The van der Waals surface area contributed by atoms with Crippen molar-refractivity contribution in [1.29, 1.82) is 0 Å². The minimum Gasteiger partial charge on any atom is -0.436 e. The van der Waals surface area contributed by atoms with Crippen LogP contribution in [0.3, 0.4) is 0 Å². The number of aromatic amines is 1. The number of methoxy groups -OCH3 is 1. The zero-order valence-corrected chi connectivity index (χ0v) is 16.9. The number of H-pyrrole nitrogens is 1. The van der Waals surface area contributed by atoms with Crippen molar-refractivity contribution in [3.8, 4) is 0 Å². The highest BCUT2D eigenvalue weighted by atomic mass is 32.2. The number of carbonyl (C=O) groups is 2. The van der Waals surface area contributed by atoms with Gasteiger partial charge in [0.25, 0.3) is 5.56 Å². The number of rotatable bonds is 7. The quantitative estimate of drug-likeness (QED) is 0.515. The molecule has 28 heavy (non-hydrogen) atoms. The van der Waals surface area contributed by atoms with Crippen molar-refractivity contribution >= 4 is 21.6 Å². The highest BCUT2D eigenvalue weighted by molar-refractivity contribution is 7.92. The Balaban J connectivity index is 2.19. The summed E-state index contributed by atoms with van der Waals surface area (Å²) in [6, 6.07) is 0. The van der Waals surface area contributed by atoms with Crippen molar-refractivity contribution < 1.29 is 27.5 Å². The van der Waals surface area contributed by atoms with Gasteiger partial charge in [0, 0.05) is 38.3 Å². The van der Waals surface area contributed by atoms with Gasteiger partial charge in [0.15, 0.2) is 15.6 Å². The molecule has 0 spiro atoms. The number of ketones is 1. The minimum absolute atomic E-state index is 0.0225. The molecule has 0 saturated carbocycles. The molecule has 2 heterocycles. The first-order valence-corrected chi connectivity index (χ1v) is 10.6. The number of hydrogen-bond donors (Lipinski definition) is 1. The fourth-order valence-electron chi connectivity index (χ4n) is 3.98. The van der Waals surface area contributed by atoms with Crippen LogP contribution in [0.4, 0.5) is 0 Å². The molecule has 1 saturated heterocycles. The smallest absolute Gasteiger partial charge is 0.323 e. The molecular formula is C18H22N2O7S. The van der Waals surface area contributed by atoms with E-state index in [1.165, 1.54) is 37.1 Å². The molecule has 3 rings (SSSR count). The summed E-state index contributed by atoms with van der Waals surface area (Å²) in [4.78, 5) is 36.1. The van der Waals surface area contributed by atoms with Gasteiger partial charge in [-0.15, -0.1) is 0 Å². The maximum absolute atomic E-state index is 13.0. The molecule has 0 bridgehead atoms. The van der Waals surface area contributed by atoms with Crippen molar-refractivity contribution in [1.82, 2.24) is 9.78 Å². The van der Waals surface area contributed by atoms with E-state index < -0.39 is 37.5 Å². The Bertz CT molecular complexity index is 1080. The molecule has 2 atom stereocenters. The maximum atomic E-state index is 13.0. The van der Waals surface area contributed by atoms with Crippen molar-refractivity contribution in [2.75, 3.05) is 20.0 Å². The first kappa shape index (κ1) is 20.3. The zero-order valence-electron chi connectivity index (χ0n) is 16.1. The number of carbonyl (C=O) groups excluding carboxylic acids is 2. The number of fused-ring (bicyclic) bond motifs is 1. The second kappa shape index (κ2) is 6.56. The zero-order chi connectivity index (χ0) is 20.9. The highest BCUT2D eigenvalue weighted by Gasteiger charge is 2.75. The van der Waals surface area contributed by atoms with Crippen LogP contribution >= 0.6 is 0 Å². The number of Topliss-reactive ketones (excluding diaryl/α,β-unsaturated/α-hetero) is 1. The molecule has 152 valence electrons. The lowest BCUT2D eigenvalue weighted by molar-refractivity contribution is -0.204. The third-order valence-electron chi connectivity index (χ3n) is 5.58. The first-order valence-electron chi connectivity index (χ1n) is 8.73. The standard InChI is InChI=1S/C18H22N2O7S/c1-5-20-15(22)13(10-19-20)14(21)12-6-7-18(28(4,24)25)17(11(12)2,8-9-26-3)16(23)27-18/h6-7,10,19H,5,8-9H2,1-4H3. The van der Waals surface area contributed by atoms with E-state index in [0.717, 1.165) is 6.26 Å². The Kier molecular flexibility index (Phi) is 4.75.